The van der Waals surface area contributed by atoms with Crippen molar-refractivity contribution in [2.24, 2.45) is 0 Å². The number of fused-ring (bicyclic) bond motifs is 3. The van der Waals surface area contributed by atoms with Crippen molar-refractivity contribution in [2.45, 2.75) is 38.7 Å². The van der Waals surface area contributed by atoms with Crippen molar-refractivity contribution >= 4 is 23.8 Å². The van der Waals surface area contributed by atoms with Crippen LogP contribution in [0.25, 0.3) is 17.2 Å². The maximum Gasteiger partial charge on any atom is 0.412 e. The van der Waals surface area contributed by atoms with E-state index in [1.807, 2.05) is 24.3 Å². The summed E-state index contributed by atoms with van der Waals surface area (Å²) in [4.78, 5) is 27.7. The monoisotopic (exact) mass is 537 g/mol. The first kappa shape index (κ1) is 26.1. The number of nitrogens with one attached hydrogen (secondary N) is 2. The zero-order valence-corrected chi connectivity index (χ0v) is 23.1. The minimum Gasteiger partial charge on any atom is -0.493 e. The average molecular weight is 538 g/mol. The van der Waals surface area contributed by atoms with Crippen LogP contribution in [0.1, 0.15) is 41.5 Å². The topological polar surface area (TPSA) is 79.9 Å². The Hall–Kier alpha value is -4.10. The quantitative estimate of drug-likeness (QED) is 0.430. The molecule has 206 valence electrons. The second kappa shape index (κ2) is 10.8. The normalized spacial score (nSPS) is 17.9. The van der Waals surface area contributed by atoms with Crippen LogP contribution in [0.15, 0.2) is 66.2 Å². The molecule has 3 aliphatic rings. The maximum absolute atomic E-state index is 13.1. The molecule has 3 aliphatic heterocycles. The third-order valence-electron chi connectivity index (χ3n) is 8.21. The van der Waals surface area contributed by atoms with Gasteiger partial charge in [-0.3, -0.25) is 10.1 Å². The van der Waals surface area contributed by atoms with Gasteiger partial charge in [0.15, 0.2) is 0 Å². The molecule has 6 rings (SSSR count). The fraction of sp³-hybridized carbons (Fsp3) is 0.333. The molecule has 3 aromatic carbocycles. The average Bonchev–Trinajstić information content (AvgIpc) is 3.17. The van der Waals surface area contributed by atoms with Crippen molar-refractivity contribution in [1.29, 1.82) is 0 Å². The second-order valence-corrected chi connectivity index (χ2v) is 11.0. The van der Waals surface area contributed by atoms with Gasteiger partial charge in [0, 0.05) is 62.1 Å². The van der Waals surface area contributed by atoms with Crippen molar-refractivity contribution in [3.05, 3.63) is 88.5 Å². The molecule has 1 spiro atoms. The fourth-order valence-electron chi connectivity index (χ4n) is 5.89. The Morgan fingerprint density at radius 2 is 1.73 bits per heavy atom. The third kappa shape index (κ3) is 5.34. The smallest absolute Gasteiger partial charge is 0.412 e. The maximum atomic E-state index is 13.1. The lowest BCUT2D eigenvalue weighted by Gasteiger charge is -2.44. The largest absolute Gasteiger partial charge is 0.493 e. The molecule has 0 unspecified atom stereocenters. The molecule has 0 saturated carbocycles. The van der Waals surface area contributed by atoms with E-state index in [9.17, 15) is 9.59 Å². The van der Waals surface area contributed by atoms with Gasteiger partial charge < -0.3 is 19.7 Å². The van der Waals surface area contributed by atoms with E-state index in [1.165, 1.54) is 5.56 Å². The summed E-state index contributed by atoms with van der Waals surface area (Å²) in [6.07, 6.45) is 3.60. The van der Waals surface area contributed by atoms with Crippen LogP contribution in [-0.2, 0) is 15.1 Å². The second-order valence-electron chi connectivity index (χ2n) is 11.0. The molecule has 2 amide bonds. The van der Waals surface area contributed by atoms with Gasteiger partial charge >= 0.3 is 6.09 Å². The number of hydrogen-bond acceptors (Lipinski definition) is 5. The number of benzene rings is 3. The number of carbonyl (C=O) groups excluding carboxylic acids is 2. The van der Waals surface area contributed by atoms with Crippen LogP contribution in [0.5, 0.6) is 5.75 Å². The molecule has 2 N–H and O–H groups in total. The Bertz CT molecular complexity index is 1470. The summed E-state index contributed by atoms with van der Waals surface area (Å²) < 4.78 is 11.8. The predicted molar refractivity (Wildman–Crippen MR) is 156 cm³/mol. The lowest BCUT2D eigenvalue weighted by atomic mass is 9.81. The fourth-order valence-corrected chi connectivity index (χ4v) is 5.89. The Morgan fingerprint density at radius 1 is 0.975 bits per heavy atom. The first-order valence-electron chi connectivity index (χ1n) is 14.0. The Labute approximate surface area is 235 Å². The number of carbonyl (C=O) groups is 2. The summed E-state index contributed by atoms with van der Waals surface area (Å²) >= 11 is 0. The minimum absolute atomic E-state index is 0.0534. The number of anilines is 1. The molecule has 1 fully saturated rings. The number of ether oxygens (including phenoxy) is 2. The van der Waals surface area contributed by atoms with Crippen molar-refractivity contribution < 1.29 is 19.1 Å². The highest BCUT2D eigenvalue weighted by molar-refractivity contribution is 5.98. The summed E-state index contributed by atoms with van der Waals surface area (Å²) in [5.74, 6) is 0.749. The molecule has 0 bridgehead atoms. The Kier molecular flexibility index (Phi) is 7.07. The van der Waals surface area contributed by atoms with Gasteiger partial charge in [-0.05, 0) is 55.3 Å². The number of rotatable bonds is 5. The van der Waals surface area contributed by atoms with E-state index in [2.05, 4.69) is 71.8 Å². The first-order chi connectivity index (χ1) is 19.4. The summed E-state index contributed by atoms with van der Waals surface area (Å²) in [5.41, 5.74) is 7.58. The highest BCUT2D eigenvalue weighted by Gasteiger charge is 2.44. The van der Waals surface area contributed by atoms with Crippen LogP contribution < -0.4 is 15.4 Å². The lowest BCUT2D eigenvalue weighted by molar-refractivity contribution is -0.117. The van der Waals surface area contributed by atoms with Gasteiger partial charge in [0.05, 0.1) is 12.3 Å². The van der Waals surface area contributed by atoms with Crippen molar-refractivity contribution in [2.75, 3.05) is 38.1 Å². The molecule has 3 aromatic rings. The summed E-state index contributed by atoms with van der Waals surface area (Å²) in [6.45, 7) is 7.49. The zero-order valence-electron chi connectivity index (χ0n) is 23.1. The van der Waals surface area contributed by atoms with E-state index >= 15 is 0 Å². The van der Waals surface area contributed by atoms with E-state index in [-0.39, 0.29) is 12.0 Å². The summed E-state index contributed by atoms with van der Waals surface area (Å²) in [6, 6.07) is 20.7. The molecule has 0 aromatic heterocycles. The number of amides is 2. The molecule has 0 radical (unpaired) electrons. The van der Waals surface area contributed by atoms with Gasteiger partial charge in [0.2, 0.25) is 5.91 Å². The van der Waals surface area contributed by atoms with Crippen LogP contribution in [0.3, 0.4) is 0 Å². The molecule has 7 heteroatoms. The van der Waals surface area contributed by atoms with Gasteiger partial charge in [-0.25, -0.2) is 4.79 Å². The zero-order chi connectivity index (χ0) is 27.7. The van der Waals surface area contributed by atoms with Gasteiger partial charge in [-0.15, -0.1) is 0 Å². The number of piperidine rings is 1. The van der Waals surface area contributed by atoms with Crippen LogP contribution >= 0.6 is 0 Å². The number of nitrogens with zero attached hydrogens (tertiary/aromatic N) is 1. The van der Waals surface area contributed by atoms with Crippen LogP contribution in [-0.4, -0.2) is 49.7 Å². The van der Waals surface area contributed by atoms with Crippen molar-refractivity contribution in [1.82, 2.24) is 10.2 Å². The standard InChI is InChI=1S/C33H35N3O4/c1-22-3-6-24(7-4-22)25-8-10-30-27(20-25)21-26(11-18-39-30)31(37)34-14-17-36-15-12-33(13-16-36)28-19-23(2)5-9-29(28)35-32(38)40-33/h3-10,19-21H,11-18H2,1-2H3,(H,34,37)(H,35,38). The molecular formula is C33H35N3O4. The van der Waals surface area contributed by atoms with Crippen molar-refractivity contribution in [3.8, 4) is 16.9 Å². The van der Waals surface area contributed by atoms with Gasteiger partial charge in [0.25, 0.3) is 0 Å². The summed E-state index contributed by atoms with van der Waals surface area (Å²) in [7, 11) is 0. The highest BCUT2D eigenvalue weighted by Crippen LogP contribution is 2.43. The van der Waals surface area contributed by atoms with Gasteiger partial charge in [-0.2, -0.15) is 0 Å². The van der Waals surface area contributed by atoms with Gasteiger partial charge in [-0.1, -0.05) is 47.5 Å². The number of likely N-dealkylation sites (tertiary alicyclic amines) is 1. The third-order valence-corrected chi connectivity index (χ3v) is 8.21. The molecular weight excluding hydrogens is 502 g/mol. The summed E-state index contributed by atoms with van der Waals surface area (Å²) in [5, 5.41) is 5.95. The number of aryl methyl sites for hydroxylation is 2. The van der Waals surface area contributed by atoms with Crippen molar-refractivity contribution in [3.63, 3.8) is 0 Å². The van der Waals surface area contributed by atoms with E-state index in [4.69, 9.17) is 9.47 Å². The molecule has 0 atom stereocenters. The van der Waals surface area contributed by atoms with Crippen LogP contribution in [0.4, 0.5) is 10.5 Å². The predicted octanol–water partition coefficient (Wildman–Crippen LogP) is 5.81. The first-order valence-corrected chi connectivity index (χ1v) is 14.0. The lowest BCUT2D eigenvalue weighted by Crippen LogP contribution is -2.49. The Morgan fingerprint density at radius 3 is 2.52 bits per heavy atom. The van der Waals surface area contributed by atoms with Crippen LogP contribution in [0.2, 0.25) is 0 Å². The van der Waals surface area contributed by atoms with E-state index in [0.717, 1.165) is 77.3 Å². The molecule has 1 saturated heterocycles. The Balaban J connectivity index is 1.07. The molecule has 3 heterocycles. The molecule has 0 aliphatic carbocycles. The van der Waals surface area contributed by atoms with Gasteiger partial charge in [0.1, 0.15) is 11.4 Å². The highest BCUT2D eigenvalue weighted by atomic mass is 16.6. The van der Waals surface area contributed by atoms with E-state index in [1.54, 1.807) is 0 Å². The number of hydrogen-bond donors (Lipinski definition) is 2. The molecule has 40 heavy (non-hydrogen) atoms. The SMILES string of the molecule is Cc1ccc(-c2ccc3c(c2)C=C(C(=O)NCCN2CCC4(CC2)OC(=O)Nc2ccc(C)cc24)CCO3)cc1. The molecule has 7 nitrogen and oxygen atoms in total. The van der Waals surface area contributed by atoms with E-state index in [0.29, 0.717) is 19.6 Å². The minimum atomic E-state index is -0.584. The van der Waals surface area contributed by atoms with E-state index < -0.39 is 5.60 Å². The van der Waals surface area contributed by atoms with Crippen LogP contribution in [0, 0.1) is 13.8 Å².